The minimum absolute atomic E-state index is 0.0196. The van der Waals surface area contributed by atoms with E-state index in [9.17, 15) is 23.3 Å². The lowest BCUT2D eigenvalue weighted by Crippen LogP contribution is -2.21. The number of halogens is 3. The number of hydrogen-bond donors (Lipinski definition) is 1. The molecular formula is C11H17F3N4O3. The van der Waals surface area contributed by atoms with Gasteiger partial charge >= 0.3 is 11.9 Å². The summed E-state index contributed by atoms with van der Waals surface area (Å²) in [5.41, 5.74) is 0.0893. The Morgan fingerprint density at radius 3 is 2.67 bits per heavy atom. The molecule has 1 aromatic rings. The molecule has 0 aromatic carbocycles. The van der Waals surface area contributed by atoms with E-state index in [1.165, 1.54) is 11.6 Å². The van der Waals surface area contributed by atoms with Crippen molar-refractivity contribution in [1.82, 2.24) is 9.78 Å². The zero-order valence-electron chi connectivity index (χ0n) is 11.7. The molecule has 1 heterocycles. The molecule has 0 bridgehead atoms. The minimum Gasteiger partial charge on any atom is -0.370 e. The number of nitro groups is 1. The topological polar surface area (TPSA) is 82.2 Å². The van der Waals surface area contributed by atoms with Crippen LogP contribution >= 0.6 is 0 Å². The molecular weight excluding hydrogens is 293 g/mol. The molecule has 0 amide bonds. The van der Waals surface area contributed by atoms with Gasteiger partial charge in [0.05, 0.1) is 11.5 Å². The Kier molecular flexibility index (Phi) is 5.94. The summed E-state index contributed by atoms with van der Waals surface area (Å²) in [4.78, 5) is 10.5. The quantitative estimate of drug-likeness (QED) is 0.453. The molecule has 0 unspecified atom stereocenters. The van der Waals surface area contributed by atoms with Crippen LogP contribution in [0.3, 0.4) is 0 Å². The number of aromatic nitrogens is 2. The summed E-state index contributed by atoms with van der Waals surface area (Å²) < 4.78 is 41.6. The van der Waals surface area contributed by atoms with Gasteiger partial charge in [0.15, 0.2) is 0 Å². The molecule has 0 aliphatic carbocycles. The van der Waals surface area contributed by atoms with Gasteiger partial charge < -0.3 is 10.1 Å². The Hall–Kier alpha value is -1.84. The number of nitrogens with zero attached hydrogens (tertiary/aromatic N) is 3. The number of alkyl halides is 3. The molecule has 7 nitrogen and oxygen atoms in total. The minimum atomic E-state index is -4.38. The van der Waals surface area contributed by atoms with Crippen molar-refractivity contribution >= 4 is 11.5 Å². The van der Waals surface area contributed by atoms with E-state index in [-0.39, 0.29) is 30.4 Å². The first-order valence-corrected chi connectivity index (χ1v) is 6.36. The highest BCUT2D eigenvalue weighted by atomic mass is 19.4. The fourth-order valence-corrected chi connectivity index (χ4v) is 1.77. The van der Waals surface area contributed by atoms with Crippen LogP contribution in [-0.4, -0.2) is 40.6 Å². The number of anilines is 1. The Balaban J connectivity index is 2.66. The van der Waals surface area contributed by atoms with Gasteiger partial charge in [-0.25, -0.2) is 4.68 Å². The van der Waals surface area contributed by atoms with Crippen LogP contribution in [0, 0.1) is 17.0 Å². The third-order valence-corrected chi connectivity index (χ3v) is 2.52. The summed E-state index contributed by atoms with van der Waals surface area (Å²) in [5.74, 6) is 0.190. The highest BCUT2D eigenvalue weighted by molar-refractivity contribution is 5.59. The monoisotopic (exact) mass is 310 g/mol. The molecule has 0 fully saturated rings. The lowest BCUT2D eigenvalue weighted by Gasteiger charge is -2.10. The molecule has 10 heteroatoms. The van der Waals surface area contributed by atoms with E-state index in [2.05, 4.69) is 15.2 Å². The number of hydrogen-bond acceptors (Lipinski definition) is 5. The summed E-state index contributed by atoms with van der Waals surface area (Å²) in [6.45, 7) is 2.33. The second-order valence-electron chi connectivity index (χ2n) is 4.36. The van der Waals surface area contributed by atoms with E-state index in [0.29, 0.717) is 6.54 Å². The van der Waals surface area contributed by atoms with Crippen molar-refractivity contribution in [1.29, 1.82) is 0 Å². The first-order valence-electron chi connectivity index (χ1n) is 6.36. The summed E-state index contributed by atoms with van der Waals surface area (Å²) in [5, 5.41) is 17.8. The van der Waals surface area contributed by atoms with Gasteiger partial charge in [-0.3, -0.25) is 10.1 Å². The SMILES string of the molecule is CCCn1nc(C)c([N+](=O)[O-])c1NCCOCC(F)(F)F. The van der Waals surface area contributed by atoms with Gasteiger partial charge in [0.2, 0.25) is 5.82 Å². The van der Waals surface area contributed by atoms with Gasteiger partial charge in [-0.2, -0.15) is 18.3 Å². The smallest absolute Gasteiger partial charge is 0.370 e. The number of rotatable bonds is 8. The first kappa shape index (κ1) is 17.2. The molecule has 1 aromatic heterocycles. The van der Waals surface area contributed by atoms with Crippen LogP contribution in [0.2, 0.25) is 0 Å². The van der Waals surface area contributed by atoms with Crippen molar-refractivity contribution in [3.05, 3.63) is 15.8 Å². The van der Waals surface area contributed by atoms with E-state index in [0.717, 1.165) is 6.42 Å². The van der Waals surface area contributed by atoms with E-state index in [4.69, 9.17) is 0 Å². The molecule has 1 rings (SSSR count). The highest BCUT2D eigenvalue weighted by Crippen LogP contribution is 2.28. The lowest BCUT2D eigenvalue weighted by atomic mass is 10.4. The van der Waals surface area contributed by atoms with Crippen LogP contribution in [0.25, 0.3) is 0 Å². The van der Waals surface area contributed by atoms with Crippen molar-refractivity contribution in [3.8, 4) is 0 Å². The van der Waals surface area contributed by atoms with Crippen molar-refractivity contribution in [3.63, 3.8) is 0 Å². The molecule has 0 aliphatic rings. The molecule has 21 heavy (non-hydrogen) atoms. The van der Waals surface area contributed by atoms with Crippen molar-refractivity contribution in [2.24, 2.45) is 0 Å². The Morgan fingerprint density at radius 1 is 1.48 bits per heavy atom. The number of ether oxygens (including phenoxy) is 1. The second kappa shape index (κ2) is 7.25. The maximum Gasteiger partial charge on any atom is 0.411 e. The average Bonchev–Trinajstić information content (AvgIpc) is 2.64. The summed E-state index contributed by atoms with van der Waals surface area (Å²) in [7, 11) is 0. The van der Waals surface area contributed by atoms with Gasteiger partial charge in [-0.1, -0.05) is 6.92 Å². The predicted molar refractivity (Wildman–Crippen MR) is 69.3 cm³/mol. The normalized spacial score (nSPS) is 11.7. The number of aryl methyl sites for hydroxylation is 2. The van der Waals surface area contributed by atoms with E-state index >= 15 is 0 Å². The van der Waals surface area contributed by atoms with Crippen molar-refractivity contribution in [2.45, 2.75) is 33.0 Å². The standard InChI is InChI=1S/C11H17F3N4O3/c1-3-5-17-10(9(18(19)20)8(2)16-17)15-4-6-21-7-11(12,13)14/h15H,3-7H2,1-2H3. The zero-order valence-corrected chi connectivity index (χ0v) is 11.7. The largest absolute Gasteiger partial charge is 0.411 e. The predicted octanol–water partition coefficient (Wildman–Crippen LogP) is 2.50. The van der Waals surface area contributed by atoms with Crippen LogP contribution in [0.1, 0.15) is 19.0 Å². The van der Waals surface area contributed by atoms with Crippen LogP contribution in [0.4, 0.5) is 24.7 Å². The molecule has 1 N–H and O–H groups in total. The fourth-order valence-electron chi connectivity index (χ4n) is 1.77. The van der Waals surface area contributed by atoms with Crippen LogP contribution < -0.4 is 5.32 Å². The van der Waals surface area contributed by atoms with Gasteiger partial charge in [0.25, 0.3) is 0 Å². The lowest BCUT2D eigenvalue weighted by molar-refractivity contribution is -0.384. The maximum absolute atomic E-state index is 11.9. The molecule has 120 valence electrons. The molecule has 0 saturated carbocycles. The van der Waals surface area contributed by atoms with E-state index in [1.807, 2.05) is 6.92 Å². The highest BCUT2D eigenvalue weighted by Gasteiger charge is 2.27. The average molecular weight is 310 g/mol. The van der Waals surface area contributed by atoms with Gasteiger partial charge in [0, 0.05) is 13.1 Å². The first-order chi connectivity index (χ1) is 9.76. The molecule has 0 atom stereocenters. The zero-order chi connectivity index (χ0) is 16.0. The van der Waals surface area contributed by atoms with Gasteiger partial charge in [0.1, 0.15) is 12.3 Å². The van der Waals surface area contributed by atoms with Crippen LogP contribution in [0.5, 0.6) is 0 Å². The summed E-state index contributed by atoms with van der Waals surface area (Å²) >= 11 is 0. The molecule has 0 aliphatic heterocycles. The number of nitrogens with one attached hydrogen (secondary N) is 1. The van der Waals surface area contributed by atoms with Gasteiger partial charge in [-0.15, -0.1) is 0 Å². The van der Waals surface area contributed by atoms with E-state index in [1.54, 1.807) is 0 Å². The van der Waals surface area contributed by atoms with Crippen molar-refractivity contribution in [2.75, 3.05) is 25.1 Å². The fraction of sp³-hybridized carbons (Fsp3) is 0.727. The van der Waals surface area contributed by atoms with E-state index < -0.39 is 17.7 Å². The Bertz CT molecular complexity index is 488. The third kappa shape index (κ3) is 5.21. The summed E-state index contributed by atoms with van der Waals surface area (Å²) in [6, 6.07) is 0. The van der Waals surface area contributed by atoms with Crippen molar-refractivity contribution < 1.29 is 22.8 Å². The van der Waals surface area contributed by atoms with Gasteiger partial charge in [-0.05, 0) is 13.3 Å². The second-order valence-corrected chi connectivity index (χ2v) is 4.36. The van der Waals surface area contributed by atoms with Crippen LogP contribution in [0.15, 0.2) is 0 Å². The Morgan fingerprint density at radius 2 is 2.14 bits per heavy atom. The van der Waals surface area contributed by atoms with Crippen LogP contribution in [-0.2, 0) is 11.3 Å². The summed E-state index contributed by atoms with van der Waals surface area (Å²) in [6.07, 6.45) is -3.66. The maximum atomic E-state index is 11.9. The molecule has 0 spiro atoms. The molecule has 0 radical (unpaired) electrons. The Labute approximate surface area is 119 Å². The third-order valence-electron chi connectivity index (χ3n) is 2.52. The molecule has 0 saturated heterocycles.